The second-order valence-electron chi connectivity index (χ2n) is 4.14. The second kappa shape index (κ2) is 5.45. The third-order valence-electron chi connectivity index (χ3n) is 2.89. The summed E-state index contributed by atoms with van der Waals surface area (Å²) < 4.78 is 10.00. The first kappa shape index (κ1) is 13.6. The van der Waals surface area contributed by atoms with E-state index in [9.17, 15) is 4.79 Å². The Balaban J connectivity index is 2.72. The number of benzene rings is 1. The number of methoxy groups -OCH3 is 2. The Hall–Kier alpha value is -1.81. The average Bonchev–Trinajstić information content (AvgIpc) is 2.38. The molecule has 100 valence electrons. The number of fused-ring (bicyclic) bond motifs is 1. The zero-order valence-corrected chi connectivity index (χ0v) is 11.7. The Morgan fingerprint density at radius 2 is 2.11 bits per heavy atom. The lowest BCUT2D eigenvalue weighted by Gasteiger charge is -2.12. The topological polar surface area (TPSA) is 48.4 Å². The van der Waals surface area contributed by atoms with Crippen LogP contribution in [-0.4, -0.2) is 25.2 Å². The number of ether oxygens (including phenoxy) is 2. The van der Waals surface area contributed by atoms with Gasteiger partial charge in [0.2, 0.25) is 0 Å². The zero-order chi connectivity index (χ0) is 14.0. The molecule has 0 aliphatic rings. The van der Waals surface area contributed by atoms with E-state index >= 15 is 0 Å². The number of halogens is 1. The highest BCUT2D eigenvalue weighted by Gasteiger charge is 2.16. The van der Waals surface area contributed by atoms with Gasteiger partial charge in [0.15, 0.2) is 0 Å². The number of rotatable bonds is 3. The summed E-state index contributed by atoms with van der Waals surface area (Å²) in [5, 5.41) is 1.29. The molecule has 0 fully saturated rings. The molecule has 0 N–H and O–H groups in total. The molecule has 0 aliphatic carbocycles. The largest absolute Gasteiger partial charge is 0.496 e. The van der Waals surface area contributed by atoms with Crippen LogP contribution in [0.4, 0.5) is 0 Å². The summed E-state index contributed by atoms with van der Waals surface area (Å²) in [5.74, 6) is 0.257. The van der Waals surface area contributed by atoms with Crippen LogP contribution >= 0.6 is 11.6 Å². The summed E-state index contributed by atoms with van der Waals surface area (Å²) in [6, 6.07) is 5.38. The minimum absolute atomic E-state index is 0.0987. The van der Waals surface area contributed by atoms with Gasteiger partial charge in [0.05, 0.1) is 31.2 Å². The quantitative estimate of drug-likeness (QED) is 0.811. The number of carbonyl (C=O) groups is 1. The van der Waals surface area contributed by atoms with Gasteiger partial charge in [-0.25, -0.2) is 0 Å². The number of aryl methyl sites for hydroxylation is 1. The Morgan fingerprint density at radius 3 is 2.74 bits per heavy atom. The highest BCUT2D eigenvalue weighted by atomic mass is 35.5. The standard InChI is InChI=1S/C14H14ClNO3/c1-8-6-10(15)14-9(7-13(17)19-3)12(18-2)5-4-11(14)16-8/h4-6H,7H2,1-3H3. The molecule has 1 heterocycles. The summed E-state index contributed by atoms with van der Waals surface area (Å²) >= 11 is 6.28. The van der Waals surface area contributed by atoms with Gasteiger partial charge in [-0.05, 0) is 25.1 Å². The molecule has 2 rings (SSSR count). The fourth-order valence-corrected chi connectivity index (χ4v) is 2.41. The molecule has 5 heteroatoms. The summed E-state index contributed by atoms with van der Waals surface area (Å²) in [5.41, 5.74) is 2.26. The number of pyridine rings is 1. The van der Waals surface area contributed by atoms with E-state index in [0.29, 0.717) is 16.3 Å². The van der Waals surface area contributed by atoms with Crippen LogP contribution in [-0.2, 0) is 16.0 Å². The van der Waals surface area contributed by atoms with Crippen LogP contribution in [0.15, 0.2) is 18.2 Å². The molecule has 1 aromatic carbocycles. The number of esters is 1. The van der Waals surface area contributed by atoms with Crippen molar-refractivity contribution in [2.75, 3.05) is 14.2 Å². The summed E-state index contributed by atoms with van der Waals surface area (Å²) in [6.45, 7) is 1.87. The third kappa shape index (κ3) is 2.63. The van der Waals surface area contributed by atoms with Crippen molar-refractivity contribution in [1.82, 2.24) is 4.98 Å². The minimum Gasteiger partial charge on any atom is -0.496 e. The summed E-state index contributed by atoms with van der Waals surface area (Å²) in [7, 11) is 2.90. The molecule has 0 radical (unpaired) electrons. The maximum absolute atomic E-state index is 11.5. The molecule has 0 unspecified atom stereocenters. The first-order valence-electron chi connectivity index (χ1n) is 5.76. The number of carbonyl (C=O) groups excluding carboxylic acids is 1. The molecule has 0 atom stereocenters. The van der Waals surface area contributed by atoms with Crippen molar-refractivity contribution in [3.63, 3.8) is 0 Å². The molecule has 0 amide bonds. The predicted molar refractivity (Wildman–Crippen MR) is 73.8 cm³/mol. The minimum atomic E-state index is -0.345. The molecular formula is C14H14ClNO3. The van der Waals surface area contributed by atoms with Gasteiger partial charge >= 0.3 is 5.97 Å². The van der Waals surface area contributed by atoms with Crippen LogP contribution in [0.1, 0.15) is 11.3 Å². The molecule has 0 saturated carbocycles. The maximum atomic E-state index is 11.5. The molecule has 0 aliphatic heterocycles. The Kier molecular flexibility index (Phi) is 3.90. The van der Waals surface area contributed by atoms with Crippen LogP contribution in [0.25, 0.3) is 10.9 Å². The lowest BCUT2D eigenvalue weighted by atomic mass is 10.0. The van der Waals surface area contributed by atoms with E-state index in [1.807, 2.05) is 13.0 Å². The van der Waals surface area contributed by atoms with Gasteiger partial charge in [-0.2, -0.15) is 0 Å². The average molecular weight is 280 g/mol. The van der Waals surface area contributed by atoms with Crippen LogP contribution in [0.3, 0.4) is 0 Å². The van der Waals surface area contributed by atoms with Crippen molar-refractivity contribution >= 4 is 28.5 Å². The van der Waals surface area contributed by atoms with Crippen molar-refractivity contribution in [2.45, 2.75) is 13.3 Å². The molecule has 4 nitrogen and oxygen atoms in total. The van der Waals surface area contributed by atoms with Crippen molar-refractivity contribution in [3.05, 3.63) is 34.5 Å². The lowest BCUT2D eigenvalue weighted by molar-refractivity contribution is -0.139. The fraction of sp³-hybridized carbons (Fsp3) is 0.286. The lowest BCUT2D eigenvalue weighted by Crippen LogP contribution is -2.07. The van der Waals surface area contributed by atoms with Crippen molar-refractivity contribution in [1.29, 1.82) is 0 Å². The molecule has 0 bridgehead atoms. The third-order valence-corrected chi connectivity index (χ3v) is 3.19. The van der Waals surface area contributed by atoms with Gasteiger partial charge in [0.1, 0.15) is 5.75 Å². The number of hydrogen-bond acceptors (Lipinski definition) is 4. The van der Waals surface area contributed by atoms with Crippen molar-refractivity contribution < 1.29 is 14.3 Å². The zero-order valence-electron chi connectivity index (χ0n) is 11.0. The van der Waals surface area contributed by atoms with Gasteiger partial charge in [-0.3, -0.25) is 9.78 Å². The van der Waals surface area contributed by atoms with E-state index in [1.165, 1.54) is 7.11 Å². The Morgan fingerprint density at radius 1 is 1.37 bits per heavy atom. The van der Waals surface area contributed by atoms with Gasteiger partial charge < -0.3 is 9.47 Å². The summed E-state index contributed by atoms with van der Waals surface area (Å²) in [6.07, 6.45) is 0.0987. The highest BCUT2D eigenvalue weighted by molar-refractivity contribution is 6.35. The van der Waals surface area contributed by atoms with Crippen molar-refractivity contribution in [2.24, 2.45) is 0 Å². The van der Waals surface area contributed by atoms with E-state index in [0.717, 1.165) is 16.6 Å². The Labute approximate surface area is 116 Å². The molecular weight excluding hydrogens is 266 g/mol. The highest BCUT2D eigenvalue weighted by Crippen LogP contribution is 2.33. The monoisotopic (exact) mass is 279 g/mol. The normalized spacial score (nSPS) is 10.5. The van der Waals surface area contributed by atoms with Crippen LogP contribution < -0.4 is 4.74 Å². The fourth-order valence-electron chi connectivity index (χ4n) is 2.04. The number of hydrogen-bond donors (Lipinski definition) is 0. The van der Waals surface area contributed by atoms with E-state index < -0.39 is 0 Å². The molecule has 0 saturated heterocycles. The Bertz CT molecular complexity index is 640. The van der Waals surface area contributed by atoms with Gasteiger partial charge in [0, 0.05) is 16.6 Å². The van der Waals surface area contributed by atoms with Crippen LogP contribution in [0, 0.1) is 6.92 Å². The molecule has 1 aromatic heterocycles. The van der Waals surface area contributed by atoms with E-state index in [1.54, 1.807) is 19.2 Å². The van der Waals surface area contributed by atoms with E-state index in [4.69, 9.17) is 21.1 Å². The van der Waals surface area contributed by atoms with Gasteiger partial charge in [0.25, 0.3) is 0 Å². The maximum Gasteiger partial charge on any atom is 0.310 e. The molecule has 2 aromatic rings. The molecule has 19 heavy (non-hydrogen) atoms. The first-order chi connectivity index (χ1) is 9.06. The van der Waals surface area contributed by atoms with Crippen LogP contribution in [0.2, 0.25) is 5.02 Å². The first-order valence-corrected chi connectivity index (χ1v) is 6.14. The predicted octanol–water partition coefficient (Wildman–Crippen LogP) is 2.92. The van der Waals surface area contributed by atoms with Crippen molar-refractivity contribution in [3.8, 4) is 5.75 Å². The van der Waals surface area contributed by atoms with E-state index in [2.05, 4.69) is 4.98 Å². The smallest absolute Gasteiger partial charge is 0.310 e. The SMILES string of the molecule is COC(=O)Cc1c(OC)ccc2nc(C)cc(Cl)c12. The summed E-state index contributed by atoms with van der Waals surface area (Å²) in [4.78, 5) is 15.9. The molecule has 0 spiro atoms. The number of nitrogens with zero attached hydrogens (tertiary/aromatic N) is 1. The van der Waals surface area contributed by atoms with Gasteiger partial charge in [-0.15, -0.1) is 0 Å². The van der Waals surface area contributed by atoms with E-state index in [-0.39, 0.29) is 12.4 Å². The second-order valence-corrected chi connectivity index (χ2v) is 4.55. The van der Waals surface area contributed by atoms with Crippen LogP contribution in [0.5, 0.6) is 5.75 Å². The van der Waals surface area contributed by atoms with Gasteiger partial charge in [-0.1, -0.05) is 11.6 Å². The number of aromatic nitrogens is 1.